The maximum Gasteiger partial charge on any atom is 0.315 e. The molecule has 4 nitrogen and oxygen atoms in total. The lowest BCUT2D eigenvalue weighted by Crippen LogP contribution is -2.48. The standard InChI is InChI=1S/C18H21N3O/c22-17(20-13-16-9-4-5-12-19-16)21-14-18(10-6-11-18)15-7-2-1-3-8-15/h1-5,7-9,12H,6,10-11,13-14H2,(H2,20,21,22). The van der Waals surface area contributed by atoms with Crippen LogP contribution in [0.1, 0.15) is 30.5 Å². The summed E-state index contributed by atoms with van der Waals surface area (Å²) in [7, 11) is 0. The van der Waals surface area contributed by atoms with E-state index in [0.717, 1.165) is 18.5 Å². The zero-order chi connectivity index (χ0) is 15.3. The second-order valence-electron chi connectivity index (χ2n) is 5.86. The third kappa shape index (κ3) is 3.27. The Morgan fingerprint density at radius 2 is 1.82 bits per heavy atom. The predicted molar refractivity (Wildman–Crippen MR) is 86.4 cm³/mol. The van der Waals surface area contributed by atoms with Gasteiger partial charge in [-0.1, -0.05) is 42.8 Å². The van der Waals surface area contributed by atoms with E-state index in [-0.39, 0.29) is 11.4 Å². The number of hydrogen-bond acceptors (Lipinski definition) is 2. The number of hydrogen-bond donors (Lipinski definition) is 2. The van der Waals surface area contributed by atoms with Crippen LogP contribution in [-0.4, -0.2) is 17.6 Å². The fourth-order valence-corrected chi connectivity index (χ4v) is 2.95. The van der Waals surface area contributed by atoms with Gasteiger partial charge in [-0.05, 0) is 30.5 Å². The monoisotopic (exact) mass is 295 g/mol. The molecule has 1 aromatic heterocycles. The summed E-state index contributed by atoms with van der Waals surface area (Å²) < 4.78 is 0. The molecule has 3 rings (SSSR count). The summed E-state index contributed by atoms with van der Waals surface area (Å²) in [6.07, 6.45) is 5.23. The highest BCUT2D eigenvalue weighted by atomic mass is 16.2. The van der Waals surface area contributed by atoms with Crippen LogP contribution in [0.2, 0.25) is 0 Å². The number of aromatic nitrogens is 1. The third-order valence-corrected chi connectivity index (χ3v) is 4.44. The van der Waals surface area contributed by atoms with Crippen molar-refractivity contribution in [1.82, 2.24) is 15.6 Å². The Morgan fingerprint density at radius 1 is 1.05 bits per heavy atom. The number of carbonyl (C=O) groups is 1. The predicted octanol–water partition coefficient (Wildman–Crippen LogP) is 3.00. The van der Waals surface area contributed by atoms with Gasteiger partial charge in [0.2, 0.25) is 0 Å². The molecule has 22 heavy (non-hydrogen) atoms. The molecule has 0 spiro atoms. The van der Waals surface area contributed by atoms with Gasteiger partial charge in [-0.25, -0.2) is 4.79 Å². The number of pyridine rings is 1. The average molecular weight is 295 g/mol. The highest BCUT2D eigenvalue weighted by molar-refractivity contribution is 5.74. The van der Waals surface area contributed by atoms with E-state index < -0.39 is 0 Å². The molecule has 1 aliphatic rings. The molecule has 0 radical (unpaired) electrons. The van der Waals surface area contributed by atoms with Crippen LogP contribution in [0.15, 0.2) is 54.7 Å². The minimum absolute atomic E-state index is 0.115. The van der Waals surface area contributed by atoms with Gasteiger partial charge in [0.1, 0.15) is 0 Å². The SMILES string of the molecule is O=C(NCc1ccccn1)NCC1(c2ccccc2)CCC1. The van der Waals surface area contributed by atoms with Crippen LogP contribution in [0.3, 0.4) is 0 Å². The van der Waals surface area contributed by atoms with E-state index in [1.54, 1.807) is 6.20 Å². The number of urea groups is 1. The van der Waals surface area contributed by atoms with Gasteiger partial charge in [-0.3, -0.25) is 4.98 Å². The second-order valence-corrected chi connectivity index (χ2v) is 5.86. The van der Waals surface area contributed by atoms with Crippen LogP contribution in [-0.2, 0) is 12.0 Å². The van der Waals surface area contributed by atoms with Gasteiger partial charge in [0.25, 0.3) is 0 Å². The molecule has 0 aliphatic heterocycles. The molecule has 4 heteroatoms. The summed E-state index contributed by atoms with van der Waals surface area (Å²) in [6, 6.07) is 16.0. The van der Waals surface area contributed by atoms with E-state index in [9.17, 15) is 4.79 Å². The Hall–Kier alpha value is -2.36. The minimum Gasteiger partial charge on any atom is -0.337 e. The number of nitrogens with one attached hydrogen (secondary N) is 2. The summed E-state index contributed by atoms with van der Waals surface area (Å²) in [5.41, 5.74) is 2.30. The average Bonchev–Trinajstić information content (AvgIpc) is 2.54. The molecule has 1 aromatic carbocycles. The minimum atomic E-state index is -0.132. The quantitative estimate of drug-likeness (QED) is 0.891. The number of nitrogens with zero attached hydrogens (tertiary/aromatic N) is 1. The molecule has 1 aliphatic carbocycles. The van der Waals surface area contributed by atoms with Crippen LogP contribution in [0.4, 0.5) is 4.79 Å². The van der Waals surface area contributed by atoms with Crippen molar-refractivity contribution in [2.75, 3.05) is 6.54 Å². The molecule has 1 saturated carbocycles. The highest BCUT2D eigenvalue weighted by Crippen LogP contribution is 2.43. The van der Waals surface area contributed by atoms with Crippen molar-refractivity contribution >= 4 is 6.03 Å². The molecule has 1 heterocycles. The molecular weight excluding hydrogens is 274 g/mol. The molecule has 0 saturated heterocycles. The van der Waals surface area contributed by atoms with Crippen LogP contribution in [0, 0.1) is 0 Å². The zero-order valence-corrected chi connectivity index (χ0v) is 12.6. The van der Waals surface area contributed by atoms with Crippen LogP contribution in [0.25, 0.3) is 0 Å². The Balaban J connectivity index is 1.52. The van der Waals surface area contributed by atoms with E-state index in [0.29, 0.717) is 13.1 Å². The van der Waals surface area contributed by atoms with Gasteiger partial charge in [0.15, 0.2) is 0 Å². The van der Waals surface area contributed by atoms with Gasteiger partial charge in [0.05, 0.1) is 12.2 Å². The van der Waals surface area contributed by atoms with Crippen molar-refractivity contribution in [1.29, 1.82) is 0 Å². The number of amides is 2. The number of rotatable bonds is 5. The maximum absolute atomic E-state index is 12.0. The molecule has 2 amide bonds. The molecule has 114 valence electrons. The van der Waals surface area contributed by atoms with E-state index in [4.69, 9.17) is 0 Å². The van der Waals surface area contributed by atoms with Crippen molar-refractivity contribution in [2.45, 2.75) is 31.2 Å². The first-order valence-electron chi connectivity index (χ1n) is 7.76. The molecule has 2 N–H and O–H groups in total. The first-order chi connectivity index (χ1) is 10.8. The zero-order valence-electron chi connectivity index (χ0n) is 12.6. The Labute approximate surface area is 131 Å². The summed E-state index contributed by atoms with van der Waals surface area (Å²) in [5.74, 6) is 0. The van der Waals surface area contributed by atoms with Gasteiger partial charge >= 0.3 is 6.03 Å². The lowest BCUT2D eigenvalue weighted by molar-refractivity contribution is 0.214. The number of benzene rings is 1. The Bertz CT molecular complexity index is 609. The lowest BCUT2D eigenvalue weighted by atomic mass is 9.64. The van der Waals surface area contributed by atoms with Crippen molar-refractivity contribution < 1.29 is 4.79 Å². The fourth-order valence-electron chi connectivity index (χ4n) is 2.95. The maximum atomic E-state index is 12.0. The van der Waals surface area contributed by atoms with Gasteiger partial charge in [-0.15, -0.1) is 0 Å². The molecular formula is C18H21N3O. The molecule has 0 bridgehead atoms. The smallest absolute Gasteiger partial charge is 0.315 e. The third-order valence-electron chi connectivity index (χ3n) is 4.44. The van der Waals surface area contributed by atoms with Crippen molar-refractivity contribution in [3.63, 3.8) is 0 Å². The summed E-state index contributed by atoms with van der Waals surface area (Å²) in [6.45, 7) is 1.13. The highest BCUT2D eigenvalue weighted by Gasteiger charge is 2.38. The van der Waals surface area contributed by atoms with Crippen LogP contribution < -0.4 is 10.6 Å². The topological polar surface area (TPSA) is 54.0 Å². The van der Waals surface area contributed by atoms with Crippen LogP contribution in [0.5, 0.6) is 0 Å². The first-order valence-corrected chi connectivity index (χ1v) is 7.76. The Morgan fingerprint density at radius 3 is 2.45 bits per heavy atom. The first kappa shape index (κ1) is 14.6. The molecule has 0 unspecified atom stereocenters. The van der Waals surface area contributed by atoms with E-state index in [1.807, 2.05) is 24.3 Å². The van der Waals surface area contributed by atoms with Gasteiger partial charge < -0.3 is 10.6 Å². The van der Waals surface area contributed by atoms with E-state index in [2.05, 4.69) is 39.9 Å². The van der Waals surface area contributed by atoms with E-state index in [1.165, 1.54) is 12.0 Å². The van der Waals surface area contributed by atoms with Gasteiger partial charge in [0, 0.05) is 18.2 Å². The van der Waals surface area contributed by atoms with Crippen LogP contribution >= 0.6 is 0 Å². The molecule has 0 atom stereocenters. The summed E-state index contributed by atoms with van der Waals surface area (Å²) in [5, 5.41) is 5.87. The molecule has 1 fully saturated rings. The van der Waals surface area contributed by atoms with E-state index >= 15 is 0 Å². The van der Waals surface area contributed by atoms with Gasteiger partial charge in [-0.2, -0.15) is 0 Å². The van der Waals surface area contributed by atoms with Crippen molar-refractivity contribution in [3.05, 3.63) is 66.0 Å². The van der Waals surface area contributed by atoms with Crippen molar-refractivity contribution in [2.24, 2.45) is 0 Å². The summed E-state index contributed by atoms with van der Waals surface area (Å²) in [4.78, 5) is 16.2. The van der Waals surface area contributed by atoms with Crippen molar-refractivity contribution in [3.8, 4) is 0 Å². The largest absolute Gasteiger partial charge is 0.337 e. The normalized spacial score (nSPS) is 15.6. The molecule has 2 aromatic rings. The summed E-state index contributed by atoms with van der Waals surface area (Å²) >= 11 is 0. The second kappa shape index (κ2) is 6.60. The number of carbonyl (C=O) groups excluding carboxylic acids is 1. The Kier molecular flexibility index (Phi) is 4.37. The fraction of sp³-hybridized carbons (Fsp3) is 0.333. The lowest BCUT2D eigenvalue weighted by Gasteiger charge is -2.42.